The van der Waals surface area contributed by atoms with Crippen molar-refractivity contribution in [3.63, 3.8) is 0 Å². The maximum Gasteiger partial charge on any atom is 0.251 e. The molecular formula is C17H16ClN3O4S. The Kier molecular flexibility index (Phi) is 4.99. The summed E-state index contributed by atoms with van der Waals surface area (Å²) in [7, 11) is -2.49. The molecule has 0 aromatic heterocycles. The maximum absolute atomic E-state index is 12.5. The molecule has 7 nitrogen and oxygen atoms in total. The van der Waals surface area contributed by atoms with Gasteiger partial charge in [-0.3, -0.25) is 9.59 Å². The van der Waals surface area contributed by atoms with Crippen molar-refractivity contribution >= 4 is 39.1 Å². The van der Waals surface area contributed by atoms with Crippen LogP contribution in [0, 0.1) is 0 Å². The van der Waals surface area contributed by atoms with Crippen LogP contribution in [0.25, 0.3) is 0 Å². The van der Waals surface area contributed by atoms with Gasteiger partial charge in [0.05, 0.1) is 11.4 Å². The number of hydrogen-bond donors (Lipinski definition) is 2. The first-order valence-electron chi connectivity index (χ1n) is 7.70. The third kappa shape index (κ3) is 3.72. The van der Waals surface area contributed by atoms with E-state index in [0.29, 0.717) is 22.8 Å². The van der Waals surface area contributed by atoms with Gasteiger partial charge in [0, 0.05) is 29.9 Å². The van der Waals surface area contributed by atoms with Gasteiger partial charge in [-0.15, -0.1) is 0 Å². The molecule has 26 heavy (non-hydrogen) atoms. The molecule has 1 aliphatic rings. The standard InChI is InChI=1S/C17H16ClN3O4S/c1-21(26(24,25)14-6-3-12(18)4-7-14)10-16(22)20-13-5-2-11-9-19-17(23)15(11)8-13/h2-8H,9-10H2,1H3,(H,19,23)(H,20,22). The van der Waals surface area contributed by atoms with Gasteiger partial charge >= 0.3 is 0 Å². The Bertz CT molecular complexity index is 974. The van der Waals surface area contributed by atoms with Crippen molar-refractivity contribution < 1.29 is 18.0 Å². The highest BCUT2D eigenvalue weighted by Gasteiger charge is 2.23. The summed E-state index contributed by atoms with van der Waals surface area (Å²) in [6.07, 6.45) is 0. The highest BCUT2D eigenvalue weighted by molar-refractivity contribution is 7.89. The second-order valence-electron chi connectivity index (χ2n) is 5.82. The van der Waals surface area contributed by atoms with E-state index in [1.54, 1.807) is 18.2 Å². The molecule has 2 N–H and O–H groups in total. The van der Waals surface area contributed by atoms with Gasteiger partial charge in [0.2, 0.25) is 15.9 Å². The molecule has 0 fully saturated rings. The lowest BCUT2D eigenvalue weighted by molar-refractivity contribution is -0.116. The van der Waals surface area contributed by atoms with E-state index in [-0.39, 0.29) is 17.3 Å². The zero-order valence-electron chi connectivity index (χ0n) is 13.8. The Labute approximate surface area is 156 Å². The van der Waals surface area contributed by atoms with Gasteiger partial charge in [-0.2, -0.15) is 4.31 Å². The monoisotopic (exact) mass is 393 g/mol. The van der Waals surface area contributed by atoms with Gasteiger partial charge in [-0.05, 0) is 42.0 Å². The molecule has 1 aliphatic heterocycles. The third-order valence-electron chi connectivity index (χ3n) is 3.97. The number of anilines is 1. The predicted octanol–water partition coefficient (Wildman–Crippen LogP) is 1.84. The molecule has 0 spiro atoms. The van der Waals surface area contributed by atoms with E-state index >= 15 is 0 Å². The molecule has 2 amide bonds. The van der Waals surface area contributed by atoms with Crippen molar-refractivity contribution in [3.8, 4) is 0 Å². The van der Waals surface area contributed by atoms with Gasteiger partial charge in [0.25, 0.3) is 5.91 Å². The second-order valence-corrected chi connectivity index (χ2v) is 8.30. The topological polar surface area (TPSA) is 95.6 Å². The van der Waals surface area contributed by atoms with Crippen LogP contribution in [-0.2, 0) is 21.4 Å². The van der Waals surface area contributed by atoms with Gasteiger partial charge < -0.3 is 10.6 Å². The molecule has 136 valence electrons. The Morgan fingerprint density at radius 2 is 1.92 bits per heavy atom. The Morgan fingerprint density at radius 1 is 1.23 bits per heavy atom. The van der Waals surface area contributed by atoms with Crippen molar-refractivity contribution in [3.05, 3.63) is 58.6 Å². The largest absolute Gasteiger partial charge is 0.348 e. The van der Waals surface area contributed by atoms with E-state index in [2.05, 4.69) is 10.6 Å². The number of sulfonamides is 1. The smallest absolute Gasteiger partial charge is 0.251 e. The average Bonchev–Trinajstić information content (AvgIpc) is 2.96. The van der Waals surface area contributed by atoms with Crippen LogP contribution in [0.15, 0.2) is 47.4 Å². The lowest BCUT2D eigenvalue weighted by atomic mass is 10.1. The molecule has 0 bridgehead atoms. The summed E-state index contributed by atoms with van der Waals surface area (Å²) < 4.78 is 25.9. The molecular weight excluding hydrogens is 378 g/mol. The normalized spacial score (nSPS) is 13.4. The van der Waals surface area contributed by atoms with Crippen molar-refractivity contribution in [2.24, 2.45) is 0 Å². The number of rotatable bonds is 5. The molecule has 0 saturated carbocycles. The third-order valence-corrected chi connectivity index (χ3v) is 6.04. The minimum atomic E-state index is -3.81. The summed E-state index contributed by atoms with van der Waals surface area (Å²) in [4.78, 5) is 23.9. The molecule has 0 aliphatic carbocycles. The minimum Gasteiger partial charge on any atom is -0.348 e. The quantitative estimate of drug-likeness (QED) is 0.810. The van der Waals surface area contributed by atoms with Crippen LogP contribution in [0.3, 0.4) is 0 Å². The van der Waals surface area contributed by atoms with Crippen LogP contribution in [-0.4, -0.2) is 38.1 Å². The second kappa shape index (κ2) is 7.06. The number of benzene rings is 2. The van der Waals surface area contributed by atoms with Crippen LogP contribution in [0.2, 0.25) is 5.02 Å². The highest BCUT2D eigenvalue weighted by atomic mass is 35.5. The summed E-state index contributed by atoms with van der Waals surface area (Å²) in [6.45, 7) is 0.0959. The van der Waals surface area contributed by atoms with Crippen LogP contribution < -0.4 is 10.6 Å². The van der Waals surface area contributed by atoms with Crippen LogP contribution in [0.1, 0.15) is 15.9 Å². The number of fused-ring (bicyclic) bond motifs is 1. The maximum atomic E-state index is 12.5. The van der Waals surface area contributed by atoms with E-state index in [0.717, 1.165) is 9.87 Å². The molecule has 0 saturated heterocycles. The predicted molar refractivity (Wildman–Crippen MR) is 97.5 cm³/mol. The van der Waals surface area contributed by atoms with E-state index in [9.17, 15) is 18.0 Å². The van der Waals surface area contributed by atoms with E-state index in [1.165, 1.54) is 31.3 Å². The summed E-state index contributed by atoms with van der Waals surface area (Å²) in [5.41, 5.74) is 1.79. The van der Waals surface area contributed by atoms with Crippen LogP contribution >= 0.6 is 11.6 Å². The lowest BCUT2D eigenvalue weighted by Gasteiger charge is -2.17. The van der Waals surface area contributed by atoms with Gasteiger partial charge in [0.1, 0.15) is 0 Å². The SMILES string of the molecule is CN(CC(=O)Nc1ccc2c(c1)C(=O)NC2)S(=O)(=O)c1ccc(Cl)cc1. The fourth-order valence-electron chi connectivity index (χ4n) is 2.56. The van der Waals surface area contributed by atoms with Crippen molar-refractivity contribution in [1.82, 2.24) is 9.62 Å². The number of carbonyl (C=O) groups is 2. The van der Waals surface area contributed by atoms with E-state index < -0.39 is 15.9 Å². The molecule has 1 heterocycles. The zero-order valence-corrected chi connectivity index (χ0v) is 15.4. The number of carbonyl (C=O) groups excluding carboxylic acids is 2. The number of halogens is 1. The van der Waals surface area contributed by atoms with Gasteiger partial charge in [0.15, 0.2) is 0 Å². The average molecular weight is 394 g/mol. The summed E-state index contributed by atoms with van der Waals surface area (Å²) in [5.74, 6) is -0.707. The summed E-state index contributed by atoms with van der Waals surface area (Å²) in [5, 5.41) is 5.72. The Balaban J connectivity index is 1.69. The van der Waals surface area contributed by atoms with Crippen molar-refractivity contribution in [2.75, 3.05) is 18.9 Å². The molecule has 0 atom stereocenters. The number of hydrogen-bond acceptors (Lipinski definition) is 4. The fraction of sp³-hybridized carbons (Fsp3) is 0.176. The van der Waals surface area contributed by atoms with Crippen LogP contribution in [0.5, 0.6) is 0 Å². The molecule has 0 radical (unpaired) electrons. The van der Waals surface area contributed by atoms with Crippen molar-refractivity contribution in [1.29, 1.82) is 0 Å². The van der Waals surface area contributed by atoms with Gasteiger partial charge in [-0.1, -0.05) is 17.7 Å². The Morgan fingerprint density at radius 3 is 2.62 bits per heavy atom. The molecule has 2 aromatic rings. The number of amides is 2. The first-order valence-corrected chi connectivity index (χ1v) is 9.52. The summed E-state index contributed by atoms with van der Waals surface area (Å²) >= 11 is 5.77. The van der Waals surface area contributed by atoms with Crippen molar-refractivity contribution in [2.45, 2.75) is 11.4 Å². The minimum absolute atomic E-state index is 0.0476. The molecule has 2 aromatic carbocycles. The van der Waals surface area contributed by atoms with E-state index in [4.69, 9.17) is 11.6 Å². The number of nitrogens with zero attached hydrogens (tertiary/aromatic N) is 1. The van der Waals surface area contributed by atoms with Crippen LogP contribution in [0.4, 0.5) is 5.69 Å². The molecule has 0 unspecified atom stereocenters. The number of likely N-dealkylation sites (N-methyl/N-ethyl adjacent to an activating group) is 1. The fourth-order valence-corrected chi connectivity index (χ4v) is 3.82. The lowest BCUT2D eigenvalue weighted by Crippen LogP contribution is -2.35. The number of nitrogens with one attached hydrogen (secondary N) is 2. The Hall–Kier alpha value is -2.42. The van der Waals surface area contributed by atoms with E-state index in [1.807, 2.05) is 0 Å². The van der Waals surface area contributed by atoms with Gasteiger partial charge in [-0.25, -0.2) is 8.42 Å². The summed E-state index contributed by atoms with van der Waals surface area (Å²) in [6, 6.07) is 10.7. The first kappa shape index (κ1) is 18.4. The molecule has 9 heteroatoms. The highest BCUT2D eigenvalue weighted by Crippen LogP contribution is 2.21. The molecule has 3 rings (SSSR count). The zero-order chi connectivity index (χ0) is 18.9. The first-order chi connectivity index (χ1) is 12.3.